The summed E-state index contributed by atoms with van der Waals surface area (Å²) in [5.74, 6) is -4.06. The van der Waals surface area contributed by atoms with Crippen molar-refractivity contribution >= 4 is 46.4 Å². The second-order valence-electron chi connectivity index (χ2n) is 9.22. The summed E-state index contributed by atoms with van der Waals surface area (Å²) in [6.45, 7) is 4.06. The minimum atomic E-state index is -1.21. The summed E-state index contributed by atoms with van der Waals surface area (Å²) in [6.07, 6.45) is 4.62. The van der Waals surface area contributed by atoms with Gasteiger partial charge < -0.3 is 20.6 Å². The molecule has 3 atom stereocenters. The van der Waals surface area contributed by atoms with Crippen LogP contribution in [0.2, 0.25) is 5.02 Å². The first-order valence-corrected chi connectivity index (χ1v) is 12.4. The fourth-order valence-electron chi connectivity index (χ4n) is 4.95. The average molecular weight is 514 g/mol. The van der Waals surface area contributed by atoms with Crippen molar-refractivity contribution in [3.8, 4) is 0 Å². The summed E-state index contributed by atoms with van der Waals surface area (Å²) in [5, 5.41) is 17.0. The van der Waals surface area contributed by atoms with E-state index in [1.807, 2.05) is 0 Å². The Morgan fingerprint density at radius 3 is 2.31 bits per heavy atom. The molecule has 36 heavy (non-hydrogen) atoms. The Bertz CT molecular complexity index is 1200. The number of carbonyl (C=O) groups is 3. The van der Waals surface area contributed by atoms with Gasteiger partial charge in [-0.15, -0.1) is 0 Å². The van der Waals surface area contributed by atoms with Crippen LogP contribution in [-0.4, -0.2) is 35.0 Å². The molecule has 0 unspecified atom stereocenters. The molecule has 3 N–H and O–H groups in total. The molecule has 2 aromatic rings. The van der Waals surface area contributed by atoms with E-state index in [4.69, 9.17) is 11.6 Å². The molecule has 0 spiro atoms. The lowest BCUT2D eigenvalue weighted by molar-refractivity contribution is -0.122. The molecule has 2 aliphatic rings. The second-order valence-corrected chi connectivity index (χ2v) is 9.65. The Hall–Kier alpha value is -3.23. The van der Waals surface area contributed by atoms with Crippen LogP contribution in [0.1, 0.15) is 33.1 Å². The number of amides is 3. The largest absolute Gasteiger partial charge is 0.390 e. The van der Waals surface area contributed by atoms with Gasteiger partial charge in [0, 0.05) is 28.9 Å². The number of hydrogen-bond donors (Lipinski definition) is 3. The van der Waals surface area contributed by atoms with E-state index < -0.39 is 41.0 Å². The van der Waals surface area contributed by atoms with E-state index in [0.717, 1.165) is 0 Å². The minimum absolute atomic E-state index is 0.0530. The molecule has 0 aromatic heterocycles. The van der Waals surface area contributed by atoms with Gasteiger partial charge in [-0.3, -0.25) is 14.4 Å². The molecule has 3 amide bonds. The van der Waals surface area contributed by atoms with Gasteiger partial charge in [-0.1, -0.05) is 31.5 Å². The topological polar surface area (TPSA) is 98.7 Å². The van der Waals surface area contributed by atoms with Crippen molar-refractivity contribution in [2.75, 3.05) is 22.1 Å². The number of hydrogen-bond acceptors (Lipinski definition) is 4. The molecule has 1 aliphatic carbocycles. The monoisotopic (exact) mass is 513 g/mol. The lowest BCUT2D eigenvalue weighted by Gasteiger charge is -2.26. The van der Waals surface area contributed by atoms with Crippen LogP contribution >= 0.6 is 11.6 Å². The highest BCUT2D eigenvalue weighted by atomic mass is 35.5. The molecule has 190 valence electrons. The summed E-state index contributed by atoms with van der Waals surface area (Å²) in [6, 6.07) is 10.8. The van der Waals surface area contributed by atoms with Crippen LogP contribution in [0.3, 0.4) is 0 Å². The Morgan fingerprint density at radius 2 is 1.72 bits per heavy atom. The van der Waals surface area contributed by atoms with Crippen molar-refractivity contribution in [2.45, 2.75) is 38.7 Å². The number of rotatable bonds is 8. The zero-order valence-corrected chi connectivity index (χ0v) is 20.9. The van der Waals surface area contributed by atoms with E-state index in [1.54, 1.807) is 50.3 Å². The van der Waals surface area contributed by atoms with Gasteiger partial charge in [0.25, 0.3) is 5.91 Å². The molecule has 0 radical (unpaired) electrons. The molecule has 9 heteroatoms. The fourth-order valence-corrected chi connectivity index (χ4v) is 5.07. The zero-order valence-electron chi connectivity index (χ0n) is 20.1. The number of halogens is 2. The molecule has 0 saturated heterocycles. The molecule has 4 rings (SSSR count). The summed E-state index contributed by atoms with van der Waals surface area (Å²) in [4.78, 5) is 39.8. The Balaban J connectivity index is 1.51. The van der Waals surface area contributed by atoms with Crippen molar-refractivity contribution in [2.24, 2.45) is 17.8 Å². The first kappa shape index (κ1) is 25.9. The van der Waals surface area contributed by atoms with Gasteiger partial charge in [-0.05, 0) is 67.8 Å². The molecular formula is C27H29ClFN3O4. The SMILES string of the molecule is CCC(O)(CC)[C@H]1[C@H](C(=O)Nc2ccc(Cl)cc2)[C@@H]1C(=O)Nc1ccc(N2CCC=CC2=O)cc1F. The number of benzene rings is 2. The first-order chi connectivity index (χ1) is 17.2. The van der Waals surface area contributed by atoms with E-state index in [0.29, 0.717) is 42.2 Å². The maximum absolute atomic E-state index is 14.9. The van der Waals surface area contributed by atoms with Crippen LogP contribution in [0.4, 0.5) is 21.5 Å². The molecule has 1 heterocycles. The highest BCUT2D eigenvalue weighted by Gasteiger charge is 2.65. The molecule has 7 nitrogen and oxygen atoms in total. The highest BCUT2D eigenvalue weighted by molar-refractivity contribution is 6.30. The van der Waals surface area contributed by atoms with Crippen molar-refractivity contribution in [1.29, 1.82) is 0 Å². The number of aliphatic hydroxyl groups is 1. The second kappa shape index (κ2) is 10.4. The zero-order chi connectivity index (χ0) is 26.0. The van der Waals surface area contributed by atoms with Gasteiger partial charge in [0.2, 0.25) is 11.8 Å². The van der Waals surface area contributed by atoms with E-state index in [2.05, 4.69) is 10.6 Å². The van der Waals surface area contributed by atoms with Crippen LogP contribution in [0, 0.1) is 23.6 Å². The summed E-state index contributed by atoms with van der Waals surface area (Å²) in [5.41, 5.74) is -0.345. The maximum atomic E-state index is 14.9. The lowest BCUT2D eigenvalue weighted by Crippen LogP contribution is -2.33. The smallest absolute Gasteiger partial charge is 0.250 e. The normalized spacial score (nSPS) is 21.3. The average Bonchev–Trinajstić information content (AvgIpc) is 3.63. The Morgan fingerprint density at radius 1 is 1.08 bits per heavy atom. The third-order valence-corrected chi connectivity index (χ3v) is 7.40. The van der Waals surface area contributed by atoms with Crippen LogP contribution < -0.4 is 15.5 Å². The molecule has 2 aromatic carbocycles. The predicted octanol–water partition coefficient (Wildman–Crippen LogP) is 4.76. The lowest BCUT2D eigenvalue weighted by atomic mass is 9.89. The molecule has 1 aliphatic heterocycles. The van der Waals surface area contributed by atoms with Crippen LogP contribution in [0.25, 0.3) is 0 Å². The highest BCUT2D eigenvalue weighted by Crippen LogP contribution is 2.56. The maximum Gasteiger partial charge on any atom is 0.250 e. The molecule has 1 fully saturated rings. The van der Waals surface area contributed by atoms with Crippen molar-refractivity contribution < 1.29 is 23.9 Å². The fraction of sp³-hybridized carbons (Fsp3) is 0.370. The van der Waals surface area contributed by atoms with Gasteiger partial charge in [-0.2, -0.15) is 0 Å². The summed E-state index contributed by atoms with van der Waals surface area (Å²) >= 11 is 5.91. The number of nitrogens with zero attached hydrogens (tertiary/aromatic N) is 1. The summed E-state index contributed by atoms with van der Waals surface area (Å²) in [7, 11) is 0. The van der Waals surface area contributed by atoms with Crippen molar-refractivity contribution in [3.05, 3.63) is 65.5 Å². The van der Waals surface area contributed by atoms with Crippen molar-refractivity contribution in [1.82, 2.24) is 0 Å². The number of carbonyl (C=O) groups excluding carboxylic acids is 3. The van der Waals surface area contributed by atoms with Crippen molar-refractivity contribution in [3.63, 3.8) is 0 Å². The van der Waals surface area contributed by atoms with Gasteiger partial charge in [0.15, 0.2) is 0 Å². The van der Waals surface area contributed by atoms with Crippen LogP contribution in [0.15, 0.2) is 54.6 Å². The van der Waals surface area contributed by atoms with Gasteiger partial charge in [-0.25, -0.2) is 4.39 Å². The number of anilines is 3. The minimum Gasteiger partial charge on any atom is -0.390 e. The van der Waals surface area contributed by atoms with Gasteiger partial charge in [0.05, 0.1) is 23.1 Å². The predicted molar refractivity (Wildman–Crippen MR) is 137 cm³/mol. The van der Waals surface area contributed by atoms with Gasteiger partial charge >= 0.3 is 0 Å². The quantitative estimate of drug-likeness (QED) is 0.474. The third kappa shape index (κ3) is 5.15. The van der Waals surface area contributed by atoms with Gasteiger partial charge in [0.1, 0.15) is 5.82 Å². The summed E-state index contributed by atoms with van der Waals surface area (Å²) < 4.78 is 14.9. The van der Waals surface area contributed by atoms with Crippen LogP contribution in [0.5, 0.6) is 0 Å². The molecular weight excluding hydrogens is 485 g/mol. The van der Waals surface area contributed by atoms with E-state index in [1.165, 1.54) is 23.1 Å². The third-order valence-electron chi connectivity index (χ3n) is 7.15. The van der Waals surface area contributed by atoms with E-state index >= 15 is 0 Å². The standard InChI is InChI=1S/C27H29ClFN3O4/c1-3-27(36,4-2)24-22(25(34)30-17-10-8-16(28)9-11-17)23(24)26(35)31-20-13-12-18(15-19(20)29)32-14-6-5-7-21(32)33/h5,7-13,15,22-24,36H,3-4,6,14H2,1-2H3,(H,30,34)(H,31,35)/t22-,23+,24+/m1/s1. The molecule has 1 saturated carbocycles. The van der Waals surface area contributed by atoms with E-state index in [-0.39, 0.29) is 11.6 Å². The first-order valence-electron chi connectivity index (χ1n) is 12.1. The molecule has 0 bridgehead atoms. The number of nitrogens with one attached hydrogen (secondary N) is 2. The Labute approximate surface area is 214 Å². The Kier molecular flexibility index (Phi) is 7.47. The van der Waals surface area contributed by atoms with Crippen LogP contribution in [-0.2, 0) is 14.4 Å². The van der Waals surface area contributed by atoms with E-state index in [9.17, 15) is 23.9 Å².